The predicted molar refractivity (Wildman–Crippen MR) is 227 cm³/mol. The van der Waals surface area contributed by atoms with Gasteiger partial charge in [0.25, 0.3) is 0 Å². The zero-order valence-corrected chi connectivity index (χ0v) is 36.4. The van der Waals surface area contributed by atoms with Crippen molar-refractivity contribution < 1.29 is 0 Å². The summed E-state index contributed by atoms with van der Waals surface area (Å²) < 4.78 is 0. The lowest BCUT2D eigenvalue weighted by Gasteiger charge is -2.62. The van der Waals surface area contributed by atoms with Crippen LogP contribution in [0.25, 0.3) is 43.1 Å². The molecule has 0 N–H and O–H groups in total. The van der Waals surface area contributed by atoms with Crippen LogP contribution in [0.15, 0.2) is 109 Å². The van der Waals surface area contributed by atoms with Gasteiger partial charge in [-0.2, -0.15) is 0 Å². The minimum atomic E-state index is -1.74. The lowest BCUT2D eigenvalue weighted by molar-refractivity contribution is 1.72. The van der Waals surface area contributed by atoms with Gasteiger partial charge in [-0.05, 0) is 67.4 Å². The lowest BCUT2D eigenvalue weighted by atomic mass is 10.0. The van der Waals surface area contributed by atoms with Crippen LogP contribution in [0.1, 0.15) is 0 Å². The molecule has 0 saturated carbocycles. The summed E-state index contributed by atoms with van der Waals surface area (Å²) in [5, 5.41) is 14.4. The summed E-state index contributed by atoms with van der Waals surface area (Å²) in [4.78, 5) is 0. The smallest absolute Gasteiger partial charge is 0.0711 e. The fraction of sp³-hybridized carbons (Fsp3) is 0.300. The zero-order valence-electron chi connectivity index (χ0n) is 30.4. The van der Waals surface area contributed by atoms with Crippen LogP contribution in [0.5, 0.6) is 0 Å². The van der Waals surface area contributed by atoms with Gasteiger partial charge in [-0.25, -0.2) is 0 Å². The van der Waals surface area contributed by atoms with Crippen molar-refractivity contribution in [1.29, 1.82) is 0 Å². The summed E-state index contributed by atoms with van der Waals surface area (Å²) in [5.74, 6) is 0. The molecule has 0 radical (unpaired) electrons. The minimum Gasteiger partial charge on any atom is -0.0735 e. The second kappa shape index (κ2) is 11.1. The van der Waals surface area contributed by atoms with Crippen LogP contribution >= 0.6 is 0 Å². The zero-order chi connectivity index (χ0) is 33.5. The van der Waals surface area contributed by atoms with E-state index in [4.69, 9.17) is 0 Å². The molecule has 0 unspecified atom stereocenters. The van der Waals surface area contributed by atoms with Gasteiger partial charge >= 0.3 is 0 Å². The largest absolute Gasteiger partial charge is 0.0735 e. The van der Waals surface area contributed by atoms with Gasteiger partial charge in [-0.3, -0.25) is 0 Å². The molecule has 0 spiro atoms. The molecule has 238 valence electrons. The number of rotatable bonds is 7. The quantitative estimate of drug-likeness (QED) is 0.115. The molecule has 0 atom stereocenters. The predicted octanol–water partition coefficient (Wildman–Crippen LogP) is 11.1. The van der Waals surface area contributed by atoms with Crippen LogP contribution < -0.4 is 10.4 Å². The monoisotopic (exact) mass is 702 g/mol. The summed E-state index contributed by atoms with van der Waals surface area (Å²) in [6.45, 7) is 34.0. The first kappa shape index (κ1) is 33.6. The first-order valence-electron chi connectivity index (χ1n) is 17.2. The Labute approximate surface area is 283 Å². The molecule has 0 heterocycles. The van der Waals surface area contributed by atoms with E-state index >= 15 is 0 Å². The Morgan fingerprint density at radius 1 is 0.261 bits per heavy atom. The molecular formula is C40H54Si6. The van der Waals surface area contributed by atoms with Crippen molar-refractivity contribution in [3.8, 4) is 0 Å². The van der Waals surface area contributed by atoms with Crippen LogP contribution in [0.4, 0.5) is 0 Å². The lowest BCUT2D eigenvalue weighted by Crippen LogP contribution is -2.90. The summed E-state index contributed by atoms with van der Waals surface area (Å²) in [7, 11) is -10.0. The third-order valence-electron chi connectivity index (χ3n) is 14.7. The highest BCUT2D eigenvalue weighted by atomic mass is 30.0. The van der Waals surface area contributed by atoms with Crippen molar-refractivity contribution in [3.05, 3.63) is 109 Å². The third-order valence-corrected chi connectivity index (χ3v) is 134. The van der Waals surface area contributed by atoms with Crippen molar-refractivity contribution in [2.24, 2.45) is 0 Å². The maximum atomic E-state index is 2.89. The normalized spacial score (nSPS) is 14.1. The van der Waals surface area contributed by atoms with Gasteiger partial charge in [0.15, 0.2) is 0 Å². The van der Waals surface area contributed by atoms with E-state index < -0.39 is 43.6 Å². The highest BCUT2D eigenvalue weighted by Gasteiger charge is 2.66. The molecule has 0 amide bonds. The average molecular weight is 703 g/mol. The van der Waals surface area contributed by atoms with Gasteiger partial charge in [-0.1, -0.05) is 174 Å². The molecular weight excluding hydrogens is 649 g/mol. The van der Waals surface area contributed by atoms with E-state index in [2.05, 4.69) is 188 Å². The molecule has 6 heteroatoms. The molecule has 0 aliphatic carbocycles. The SMILES string of the molecule is C[Si](C)(c1ccc2cc3ccccc3cc2c1)[Si](C)(C)[Si](C)(C)[Si](C)(C)[Si](C)(C)[Si](C)(C)c1ccc2cc3ccccc3cc2c1. The van der Waals surface area contributed by atoms with Crippen molar-refractivity contribution >= 4 is 97.1 Å². The Hall–Kier alpha value is -2.34. The van der Waals surface area contributed by atoms with Crippen molar-refractivity contribution in [3.63, 3.8) is 0 Å². The maximum absolute atomic E-state index is 2.89. The Kier molecular flexibility index (Phi) is 8.10. The minimum absolute atomic E-state index is 1.34. The van der Waals surface area contributed by atoms with Crippen molar-refractivity contribution in [2.45, 2.75) is 78.6 Å². The fourth-order valence-corrected chi connectivity index (χ4v) is 158. The van der Waals surface area contributed by atoms with E-state index in [1.165, 1.54) is 43.1 Å². The Balaban J connectivity index is 1.39. The summed E-state index contributed by atoms with van der Waals surface area (Å²) in [5.41, 5.74) is 0. The molecule has 0 saturated heterocycles. The topological polar surface area (TPSA) is 0 Å². The van der Waals surface area contributed by atoms with Crippen molar-refractivity contribution in [1.82, 2.24) is 0 Å². The van der Waals surface area contributed by atoms with Crippen molar-refractivity contribution in [2.75, 3.05) is 0 Å². The van der Waals surface area contributed by atoms with E-state index in [9.17, 15) is 0 Å². The number of benzene rings is 6. The van der Waals surface area contributed by atoms with E-state index in [1.54, 1.807) is 10.4 Å². The highest BCUT2D eigenvalue weighted by Crippen LogP contribution is 2.42. The van der Waals surface area contributed by atoms with Crippen LogP contribution in [-0.2, 0) is 0 Å². The molecule has 0 bridgehead atoms. The third kappa shape index (κ3) is 4.89. The van der Waals surface area contributed by atoms with Crippen LogP contribution in [0.3, 0.4) is 0 Å². The highest BCUT2D eigenvalue weighted by molar-refractivity contribution is 7.98. The summed E-state index contributed by atoms with van der Waals surface area (Å²) in [6, 6.07) is 42.5. The average Bonchev–Trinajstić information content (AvgIpc) is 3.01. The second-order valence-corrected chi connectivity index (χ2v) is 81.4. The number of fused-ring (bicyclic) bond motifs is 4. The van der Waals surface area contributed by atoms with E-state index in [0.29, 0.717) is 0 Å². The van der Waals surface area contributed by atoms with Crippen LogP contribution in [0.2, 0.25) is 78.6 Å². The molecule has 46 heavy (non-hydrogen) atoms. The fourth-order valence-electron chi connectivity index (χ4n) is 8.50. The standard InChI is InChI=1S/C40H54Si6/c1-41(2,39-23-21-35-25-31-17-13-15-19-33(31)27-37(35)29-39)43(5,6)45(9,10)46(11,12)44(7,8)42(3,4)40-24-22-36-26-32-18-14-16-20-34(32)28-38(36)30-40/h13-30H,1-12H3. The van der Waals surface area contributed by atoms with E-state index in [0.717, 1.165) is 0 Å². The van der Waals surface area contributed by atoms with Crippen LogP contribution in [-0.4, -0.2) is 43.6 Å². The molecule has 6 aromatic carbocycles. The van der Waals surface area contributed by atoms with Gasteiger partial charge in [0, 0.05) is 28.4 Å². The Morgan fingerprint density at radius 2 is 0.522 bits per heavy atom. The van der Waals surface area contributed by atoms with Gasteiger partial charge in [0.1, 0.15) is 0 Å². The van der Waals surface area contributed by atoms with Gasteiger partial charge in [0.05, 0.1) is 15.2 Å². The molecule has 0 fully saturated rings. The van der Waals surface area contributed by atoms with E-state index in [-0.39, 0.29) is 0 Å². The summed E-state index contributed by atoms with van der Waals surface area (Å²) in [6.07, 6.45) is 0. The summed E-state index contributed by atoms with van der Waals surface area (Å²) >= 11 is 0. The van der Waals surface area contributed by atoms with Gasteiger partial charge in [-0.15, -0.1) is 0 Å². The van der Waals surface area contributed by atoms with Crippen LogP contribution in [0, 0.1) is 0 Å². The molecule has 0 aliphatic heterocycles. The molecule has 6 rings (SSSR count). The van der Waals surface area contributed by atoms with E-state index in [1.807, 2.05) is 0 Å². The molecule has 6 aromatic rings. The van der Waals surface area contributed by atoms with Gasteiger partial charge < -0.3 is 0 Å². The van der Waals surface area contributed by atoms with Gasteiger partial charge in [0.2, 0.25) is 0 Å². The molecule has 0 nitrogen and oxygen atoms in total. The molecule has 0 aliphatic rings. The first-order valence-corrected chi connectivity index (χ1v) is 40.2. The Bertz CT molecular complexity index is 1970. The second-order valence-electron chi connectivity index (χ2n) is 17.3. The first-order chi connectivity index (χ1) is 21.3. The molecule has 0 aromatic heterocycles. The number of hydrogen-bond acceptors (Lipinski definition) is 0. The maximum Gasteiger partial charge on any atom is 0.0711 e. The Morgan fingerprint density at radius 3 is 0.826 bits per heavy atom. The number of hydrogen-bond donors (Lipinski definition) is 0.